The SMILES string of the molecule is CCCC(CCO)CNC(=O)c1c(O)cccc1O. The first-order valence-electron chi connectivity index (χ1n) is 6.50. The Morgan fingerprint density at radius 1 is 1.26 bits per heavy atom. The van der Waals surface area contributed by atoms with Crippen molar-refractivity contribution in [3.05, 3.63) is 23.8 Å². The summed E-state index contributed by atoms with van der Waals surface area (Å²) in [6, 6.07) is 4.17. The van der Waals surface area contributed by atoms with Gasteiger partial charge in [-0.1, -0.05) is 19.4 Å². The van der Waals surface area contributed by atoms with Gasteiger partial charge < -0.3 is 20.6 Å². The lowest BCUT2D eigenvalue weighted by Gasteiger charge is -2.16. The van der Waals surface area contributed by atoms with E-state index >= 15 is 0 Å². The second kappa shape index (κ2) is 7.63. The molecule has 1 unspecified atom stereocenters. The van der Waals surface area contributed by atoms with E-state index in [4.69, 9.17) is 5.11 Å². The molecule has 1 aromatic carbocycles. The lowest BCUT2D eigenvalue weighted by Crippen LogP contribution is -2.29. The Bertz CT molecular complexity index is 394. The van der Waals surface area contributed by atoms with E-state index in [1.165, 1.54) is 18.2 Å². The second-order valence-electron chi connectivity index (χ2n) is 4.55. The van der Waals surface area contributed by atoms with E-state index in [0.717, 1.165) is 12.8 Å². The highest BCUT2D eigenvalue weighted by molar-refractivity contribution is 5.99. The van der Waals surface area contributed by atoms with E-state index in [2.05, 4.69) is 5.32 Å². The standard InChI is InChI=1S/C14H21NO4/c1-2-4-10(7-8-16)9-15-14(19)13-11(17)5-3-6-12(13)18/h3,5-6,10,16-18H,2,4,7-9H2,1H3,(H,15,19). The van der Waals surface area contributed by atoms with Crippen molar-refractivity contribution >= 4 is 5.91 Å². The molecule has 0 aromatic heterocycles. The summed E-state index contributed by atoms with van der Waals surface area (Å²) < 4.78 is 0. The van der Waals surface area contributed by atoms with Crippen LogP contribution in [0.4, 0.5) is 0 Å². The van der Waals surface area contributed by atoms with Crippen LogP contribution < -0.4 is 5.32 Å². The van der Waals surface area contributed by atoms with Crippen molar-refractivity contribution in [2.45, 2.75) is 26.2 Å². The minimum Gasteiger partial charge on any atom is -0.507 e. The monoisotopic (exact) mass is 267 g/mol. The predicted molar refractivity (Wildman–Crippen MR) is 72.2 cm³/mol. The van der Waals surface area contributed by atoms with Crippen LogP contribution in [0.25, 0.3) is 0 Å². The summed E-state index contributed by atoms with van der Waals surface area (Å²) in [7, 11) is 0. The molecule has 0 heterocycles. The van der Waals surface area contributed by atoms with E-state index in [9.17, 15) is 15.0 Å². The van der Waals surface area contributed by atoms with E-state index < -0.39 is 5.91 Å². The number of benzene rings is 1. The lowest BCUT2D eigenvalue weighted by molar-refractivity contribution is 0.0937. The van der Waals surface area contributed by atoms with Crippen molar-refractivity contribution in [1.82, 2.24) is 5.32 Å². The van der Waals surface area contributed by atoms with Crippen LogP contribution >= 0.6 is 0 Å². The van der Waals surface area contributed by atoms with E-state index in [-0.39, 0.29) is 29.6 Å². The van der Waals surface area contributed by atoms with Gasteiger partial charge in [0.1, 0.15) is 17.1 Å². The Morgan fingerprint density at radius 3 is 2.42 bits per heavy atom. The summed E-state index contributed by atoms with van der Waals surface area (Å²) in [6.07, 6.45) is 2.51. The number of phenolic OH excluding ortho intramolecular Hbond substituents is 2. The van der Waals surface area contributed by atoms with E-state index in [0.29, 0.717) is 13.0 Å². The van der Waals surface area contributed by atoms with Crippen LogP contribution in [0.15, 0.2) is 18.2 Å². The summed E-state index contributed by atoms with van der Waals surface area (Å²) in [6.45, 7) is 2.55. The molecule has 0 aliphatic heterocycles. The molecule has 5 heteroatoms. The summed E-state index contributed by atoms with van der Waals surface area (Å²) in [5.74, 6) is -0.792. The van der Waals surface area contributed by atoms with Crippen molar-refractivity contribution < 1.29 is 20.1 Å². The van der Waals surface area contributed by atoms with Gasteiger partial charge in [-0.2, -0.15) is 0 Å². The zero-order chi connectivity index (χ0) is 14.3. The maximum absolute atomic E-state index is 11.9. The first-order valence-corrected chi connectivity index (χ1v) is 6.50. The van der Waals surface area contributed by atoms with E-state index in [1.54, 1.807) is 0 Å². The molecule has 0 saturated heterocycles. The maximum atomic E-state index is 11.9. The Balaban J connectivity index is 2.64. The predicted octanol–water partition coefficient (Wildman–Crippen LogP) is 1.63. The fourth-order valence-electron chi connectivity index (χ4n) is 2.03. The number of carbonyl (C=O) groups excluding carboxylic acids is 1. The number of hydrogen-bond donors (Lipinski definition) is 4. The number of aliphatic hydroxyl groups is 1. The van der Waals surface area contributed by atoms with Gasteiger partial charge in [0.15, 0.2) is 0 Å². The zero-order valence-electron chi connectivity index (χ0n) is 11.1. The fraction of sp³-hybridized carbons (Fsp3) is 0.500. The van der Waals surface area contributed by atoms with Gasteiger partial charge >= 0.3 is 0 Å². The second-order valence-corrected chi connectivity index (χ2v) is 4.55. The molecule has 0 spiro atoms. The molecular weight excluding hydrogens is 246 g/mol. The quantitative estimate of drug-likeness (QED) is 0.604. The van der Waals surface area contributed by atoms with Crippen LogP contribution in [-0.2, 0) is 0 Å². The molecule has 0 aliphatic carbocycles. The van der Waals surface area contributed by atoms with Crippen molar-refractivity contribution in [3.63, 3.8) is 0 Å². The topological polar surface area (TPSA) is 89.8 Å². The van der Waals surface area contributed by atoms with Crippen LogP contribution in [0, 0.1) is 5.92 Å². The Hall–Kier alpha value is -1.75. The Morgan fingerprint density at radius 2 is 1.89 bits per heavy atom. The smallest absolute Gasteiger partial charge is 0.258 e. The average molecular weight is 267 g/mol. The molecule has 5 nitrogen and oxygen atoms in total. The lowest BCUT2D eigenvalue weighted by atomic mass is 10.00. The van der Waals surface area contributed by atoms with Crippen molar-refractivity contribution in [2.24, 2.45) is 5.92 Å². The number of nitrogens with one attached hydrogen (secondary N) is 1. The molecule has 1 amide bonds. The number of phenols is 2. The van der Waals surface area contributed by atoms with Crippen LogP contribution in [0.3, 0.4) is 0 Å². The molecule has 1 rings (SSSR count). The third-order valence-corrected chi connectivity index (χ3v) is 3.03. The largest absolute Gasteiger partial charge is 0.507 e. The molecular formula is C14H21NO4. The van der Waals surface area contributed by atoms with Crippen molar-refractivity contribution in [1.29, 1.82) is 0 Å². The Kier molecular flexibility index (Phi) is 6.15. The van der Waals surface area contributed by atoms with Crippen LogP contribution in [0.5, 0.6) is 11.5 Å². The van der Waals surface area contributed by atoms with Gasteiger partial charge in [0.25, 0.3) is 5.91 Å². The molecule has 4 N–H and O–H groups in total. The number of amides is 1. The normalized spacial score (nSPS) is 12.1. The first-order chi connectivity index (χ1) is 9.10. The summed E-state index contributed by atoms with van der Waals surface area (Å²) in [4.78, 5) is 11.9. The van der Waals surface area contributed by atoms with Gasteiger partial charge in [0, 0.05) is 13.2 Å². The fourth-order valence-corrected chi connectivity index (χ4v) is 2.03. The molecule has 0 fully saturated rings. The molecule has 1 aromatic rings. The highest BCUT2D eigenvalue weighted by atomic mass is 16.3. The molecule has 0 aliphatic rings. The number of aliphatic hydroxyl groups excluding tert-OH is 1. The minimum atomic E-state index is -0.505. The maximum Gasteiger partial charge on any atom is 0.258 e. The number of aromatic hydroxyl groups is 2. The molecule has 106 valence electrons. The molecule has 1 atom stereocenters. The van der Waals surface area contributed by atoms with Crippen LogP contribution in [0.2, 0.25) is 0 Å². The van der Waals surface area contributed by atoms with Gasteiger partial charge in [-0.05, 0) is 30.9 Å². The van der Waals surface area contributed by atoms with Crippen molar-refractivity contribution in [3.8, 4) is 11.5 Å². The third-order valence-electron chi connectivity index (χ3n) is 3.03. The molecule has 0 radical (unpaired) electrons. The number of rotatable bonds is 7. The highest BCUT2D eigenvalue weighted by Gasteiger charge is 2.17. The van der Waals surface area contributed by atoms with Gasteiger partial charge in [-0.25, -0.2) is 0 Å². The Labute approximate surface area is 112 Å². The summed E-state index contributed by atoms with van der Waals surface area (Å²) >= 11 is 0. The van der Waals surface area contributed by atoms with Crippen molar-refractivity contribution in [2.75, 3.05) is 13.2 Å². The van der Waals surface area contributed by atoms with E-state index in [1.807, 2.05) is 6.92 Å². The molecule has 19 heavy (non-hydrogen) atoms. The highest BCUT2D eigenvalue weighted by Crippen LogP contribution is 2.26. The first kappa shape index (κ1) is 15.3. The van der Waals surface area contributed by atoms with Gasteiger partial charge in [-0.15, -0.1) is 0 Å². The zero-order valence-corrected chi connectivity index (χ0v) is 11.1. The summed E-state index contributed by atoms with van der Waals surface area (Å²) in [5.41, 5.74) is -0.109. The van der Waals surface area contributed by atoms with Gasteiger partial charge in [0.05, 0.1) is 0 Å². The van der Waals surface area contributed by atoms with Gasteiger partial charge in [0.2, 0.25) is 0 Å². The average Bonchev–Trinajstić information content (AvgIpc) is 2.36. The van der Waals surface area contributed by atoms with Gasteiger partial charge in [-0.3, -0.25) is 4.79 Å². The number of hydrogen-bond acceptors (Lipinski definition) is 4. The summed E-state index contributed by atoms with van der Waals surface area (Å²) in [5, 5.41) is 30.8. The molecule has 0 bridgehead atoms. The molecule has 0 saturated carbocycles. The minimum absolute atomic E-state index is 0.0857. The third kappa shape index (κ3) is 4.44. The van der Waals surface area contributed by atoms with Crippen LogP contribution in [0.1, 0.15) is 36.5 Å². The number of carbonyl (C=O) groups is 1. The van der Waals surface area contributed by atoms with Crippen LogP contribution in [-0.4, -0.2) is 34.4 Å².